The Morgan fingerprint density at radius 2 is 2.25 bits per heavy atom. The van der Waals surface area contributed by atoms with Gasteiger partial charge in [0.1, 0.15) is 12.1 Å². The molecule has 2 rings (SSSR count). The minimum Gasteiger partial charge on any atom is -0.480 e. The smallest absolute Gasteiger partial charge is 0.326 e. The van der Waals surface area contributed by atoms with Crippen molar-refractivity contribution in [2.75, 3.05) is 11.4 Å². The van der Waals surface area contributed by atoms with Crippen LogP contribution in [0.4, 0.5) is 5.69 Å². The minimum absolute atomic E-state index is 0.201. The summed E-state index contributed by atoms with van der Waals surface area (Å²) in [5.74, 6) is -1.11. The molecule has 2 atom stereocenters. The Bertz CT molecular complexity index is 542. The molecule has 1 aromatic rings. The molecule has 0 radical (unpaired) electrons. The summed E-state index contributed by atoms with van der Waals surface area (Å²) in [7, 11) is 0. The van der Waals surface area contributed by atoms with Crippen LogP contribution in [0.25, 0.3) is 0 Å². The number of rotatable bonds is 5. The van der Waals surface area contributed by atoms with Crippen molar-refractivity contribution in [3.05, 3.63) is 42.5 Å². The van der Waals surface area contributed by atoms with E-state index in [0.29, 0.717) is 13.0 Å². The largest absolute Gasteiger partial charge is 0.480 e. The van der Waals surface area contributed by atoms with E-state index < -0.39 is 18.1 Å². The predicted molar refractivity (Wildman–Crippen MR) is 76.7 cm³/mol. The highest BCUT2D eigenvalue weighted by Crippen LogP contribution is 2.33. The molecule has 1 amide bonds. The third-order valence-corrected chi connectivity index (χ3v) is 3.52. The fourth-order valence-electron chi connectivity index (χ4n) is 2.54. The van der Waals surface area contributed by atoms with Crippen molar-refractivity contribution >= 4 is 17.6 Å². The van der Waals surface area contributed by atoms with Crippen LogP contribution in [0, 0.1) is 0 Å². The van der Waals surface area contributed by atoms with Gasteiger partial charge in [0.15, 0.2) is 0 Å². The lowest BCUT2D eigenvalue weighted by atomic mass is 10.1. The van der Waals surface area contributed by atoms with E-state index >= 15 is 0 Å². The number of carbonyl (C=O) groups is 2. The summed E-state index contributed by atoms with van der Waals surface area (Å²) in [5.41, 5.74) is 1.78. The molecule has 2 unspecified atom stereocenters. The van der Waals surface area contributed by atoms with Gasteiger partial charge in [-0.2, -0.15) is 0 Å². The third-order valence-electron chi connectivity index (χ3n) is 3.52. The van der Waals surface area contributed by atoms with E-state index in [9.17, 15) is 14.7 Å². The molecule has 5 heteroatoms. The standard InChI is InChI=1S/C15H18N2O3/c1-3-8-16-14(18)10(2)17-12-7-5-4-6-11(12)9-13(17)15(19)20/h3-7,10,13H,1,8-9H2,2H3,(H,16,18)(H,19,20). The third kappa shape index (κ3) is 2.52. The van der Waals surface area contributed by atoms with Crippen LogP contribution in [0.3, 0.4) is 0 Å². The first kappa shape index (κ1) is 14.1. The maximum absolute atomic E-state index is 12.1. The number of amides is 1. The van der Waals surface area contributed by atoms with Crippen molar-refractivity contribution in [2.24, 2.45) is 0 Å². The number of hydrogen-bond donors (Lipinski definition) is 2. The molecule has 1 aliphatic rings. The zero-order chi connectivity index (χ0) is 14.7. The Morgan fingerprint density at radius 3 is 2.90 bits per heavy atom. The maximum atomic E-state index is 12.1. The molecule has 0 saturated carbocycles. The van der Waals surface area contributed by atoms with Crippen LogP contribution < -0.4 is 10.2 Å². The number of hydrogen-bond acceptors (Lipinski definition) is 3. The summed E-state index contributed by atoms with van der Waals surface area (Å²) in [6, 6.07) is 6.25. The van der Waals surface area contributed by atoms with E-state index in [-0.39, 0.29) is 5.91 Å². The maximum Gasteiger partial charge on any atom is 0.326 e. The van der Waals surface area contributed by atoms with Gasteiger partial charge in [0, 0.05) is 18.7 Å². The van der Waals surface area contributed by atoms with Crippen LogP contribution in [-0.2, 0) is 16.0 Å². The highest BCUT2D eigenvalue weighted by molar-refractivity contribution is 5.90. The first-order valence-corrected chi connectivity index (χ1v) is 6.54. The van der Waals surface area contributed by atoms with E-state index in [4.69, 9.17) is 0 Å². The number of fused-ring (bicyclic) bond motifs is 1. The molecule has 5 nitrogen and oxygen atoms in total. The van der Waals surface area contributed by atoms with Gasteiger partial charge in [0.25, 0.3) is 0 Å². The summed E-state index contributed by atoms with van der Waals surface area (Å²) in [6.07, 6.45) is 2.02. The van der Waals surface area contributed by atoms with Crippen molar-refractivity contribution in [2.45, 2.75) is 25.4 Å². The number of aliphatic carboxylic acids is 1. The van der Waals surface area contributed by atoms with Crippen molar-refractivity contribution in [3.8, 4) is 0 Å². The highest BCUT2D eigenvalue weighted by Gasteiger charge is 2.39. The number of para-hydroxylation sites is 1. The van der Waals surface area contributed by atoms with Crippen molar-refractivity contribution < 1.29 is 14.7 Å². The summed E-state index contributed by atoms with van der Waals surface area (Å²) in [5, 5.41) is 12.1. The Hall–Kier alpha value is -2.30. The normalized spacial score (nSPS) is 18.2. The number of anilines is 1. The van der Waals surface area contributed by atoms with E-state index in [1.807, 2.05) is 24.3 Å². The number of nitrogens with zero attached hydrogens (tertiary/aromatic N) is 1. The molecule has 2 N–H and O–H groups in total. The van der Waals surface area contributed by atoms with Gasteiger partial charge in [0.05, 0.1) is 0 Å². The molecule has 1 heterocycles. The number of carbonyl (C=O) groups excluding carboxylic acids is 1. The lowest BCUT2D eigenvalue weighted by Gasteiger charge is -2.30. The summed E-state index contributed by atoms with van der Waals surface area (Å²) in [6.45, 7) is 5.64. The second-order valence-corrected chi connectivity index (χ2v) is 4.80. The molecule has 106 valence electrons. The van der Waals surface area contributed by atoms with Gasteiger partial charge in [-0.15, -0.1) is 6.58 Å². The molecule has 0 aliphatic carbocycles. The minimum atomic E-state index is -0.912. The number of benzene rings is 1. The SMILES string of the molecule is C=CCNC(=O)C(C)N1c2ccccc2CC1C(=O)O. The molecular formula is C15H18N2O3. The Labute approximate surface area is 117 Å². The lowest BCUT2D eigenvalue weighted by Crippen LogP contribution is -2.51. The van der Waals surface area contributed by atoms with Crippen LogP contribution in [-0.4, -0.2) is 35.6 Å². The Kier molecular flexibility index (Phi) is 4.08. The fourth-order valence-corrected chi connectivity index (χ4v) is 2.54. The van der Waals surface area contributed by atoms with E-state index in [1.54, 1.807) is 17.9 Å². The molecule has 1 aliphatic heterocycles. The molecule has 1 aromatic carbocycles. The van der Waals surface area contributed by atoms with Crippen LogP contribution in [0.2, 0.25) is 0 Å². The fraction of sp³-hybridized carbons (Fsp3) is 0.333. The summed E-state index contributed by atoms with van der Waals surface area (Å²) in [4.78, 5) is 25.2. The number of nitrogens with one attached hydrogen (secondary N) is 1. The van der Waals surface area contributed by atoms with E-state index in [1.165, 1.54) is 0 Å². The molecule has 0 spiro atoms. The second-order valence-electron chi connectivity index (χ2n) is 4.80. The van der Waals surface area contributed by atoms with Gasteiger partial charge < -0.3 is 15.3 Å². The van der Waals surface area contributed by atoms with Crippen LogP contribution in [0.5, 0.6) is 0 Å². The van der Waals surface area contributed by atoms with Gasteiger partial charge in [-0.25, -0.2) is 4.79 Å². The molecule has 0 saturated heterocycles. The zero-order valence-electron chi connectivity index (χ0n) is 11.4. The van der Waals surface area contributed by atoms with Gasteiger partial charge in [-0.1, -0.05) is 24.3 Å². The molecule has 0 bridgehead atoms. The van der Waals surface area contributed by atoms with Crippen molar-refractivity contribution in [1.82, 2.24) is 5.32 Å². The van der Waals surface area contributed by atoms with Gasteiger partial charge >= 0.3 is 5.97 Å². The molecule has 20 heavy (non-hydrogen) atoms. The van der Waals surface area contributed by atoms with Crippen molar-refractivity contribution in [1.29, 1.82) is 0 Å². The van der Waals surface area contributed by atoms with Crippen LogP contribution >= 0.6 is 0 Å². The predicted octanol–water partition coefficient (Wildman–Crippen LogP) is 1.19. The van der Waals surface area contributed by atoms with Gasteiger partial charge in [-0.05, 0) is 18.6 Å². The van der Waals surface area contributed by atoms with Crippen LogP contribution in [0.1, 0.15) is 12.5 Å². The number of carboxylic acid groups (broad SMARTS) is 1. The first-order valence-electron chi connectivity index (χ1n) is 6.54. The second kappa shape index (κ2) is 5.77. The van der Waals surface area contributed by atoms with Crippen molar-refractivity contribution in [3.63, 3.8) is 0 Å². The van der Waals surface area contributed by atoms with Gasteiger partial charge in [-0.3, -0.25) is 4.79 Å². The van der Waals surface area contributed by atoms with Gasteiger partial charge in [0.2, 0.25) is 5.91 Å². The first-order chi connectivity index (χ1) is 9.56. The van der Waals surface area contributed by atoms with Crippen LogP contribution in [0.15, 0.2) is 36.9 Å². The Balaban J connectivity index is 2.28. The quantitative estimate of drug-likeness (QED) is 0.791. The molecule has 0 aromatic heterocycles. The topological polar surface area (TPSA) is 69.6 Å². The zero-order valence-corrected chi connectivity index (χ0v) is 11.4. The highest BCUT2D eigenvalue weighted by atomic mass is 16.4. The molecule has 0 fully saturated rings. The average molecular weight is 274 g/mol. The van der Waals surface area contributed by atoms with E-state index in [0.717, 1.165) is 11.3 Å². The monoisotopic (exact) mass is 274 g/mol. The summed E-state index contributed by atoms with van der Waals surface area (Å²) < 4.78 is 0. The number of carboxylic acids is 1. The lowest BCUT2D eigenvalue weighted by molar-refractivity contribution is -0.138. The average Bonchev–Trinajstić information content (AvgIpc) is 2.83. The Morgan fingerprint density at radius 1 is 1.55 bits per heavy atom. The summed E-state index contributed by atoms with van der Waals surface area (Å²) >= 11 is 0. The van der Waals surface area contributed by atoms with E-state index in [2.05, 4.69) is 11.9 Å². The molecular weight excluding hydrogens is 256 g/mol.